The first-order valence-corrected chi connectivity index (χ1v) is 10.9. The molecule has 3 saturated heterocycles. The molecule has 4 nitrogen and oxygen atoms in total. The smallest absolute Gasteiger partial charge is 0.403 e. The van der Waals surface area contributed by atoms with Crippen molar-refractivity contribution in [1.82, 2.24) is 4.90 Å². The van der Waals surface area contributed by atoms with Gasteiger partial charge in [0.25, 0.3) is 0 Å². The topological polar surface area (TPSA) is 38.8 Å². The molecule has 2 unspecified atom stereocenters. The summed E-state index contributed by atoms with van der Waals surface area (Å²) < 4.78 is 12.1. The van der Waals surface area contributed by atoms with Gasteiger partial charge in [-0.2, -0.15) is 0 Å². The van der Waals surface area contributed by atoms with E-state index >= 15 is 0 Å². The zero-order chi connectivity index (χ0) is 19.9. The van der Waals surface area contributed by atoms with Crippen molar-refractivity contribution >= 4 is 12.9 Å². The molecule has 0 saturated carbocycles. The minimum absolute atomic E-state index is 0.154. The molecule has 0 spiro atoms. The monoisotopic (exact) mass is 383 g/mol. The van der Waals surface area contributed by atoms with Gasteiger partial charge in [-0.05, 0) is 58.9 Å². The fourth-order valence-corrected chi connectivity index (χ4v) is 5.17. The zero-order valence-electron chi connectivity index (χ0n) is 17.8. The molecule has 2 atom stereocenters. The minimum atomic E-state index is -0.403. The van der Waals surface area contributed by atoms with Gasteiger partial charge in [0.15, 0.2) is 0 Å². The number of Topliss-reactive ketones (excluding diaryl/α,β-unsaturated/α-hetero) is 1. The van der Waals surface area contributed by atoms with Gasteiger partial charge < -0.3 is 9.31 Å². The number of rotatable bonds is 5. The molecule has 0 aromatic heterocycles. The SMILES string of the molecule is CC1(C)OB(CC(=O)C2CC3CCCC(C2)N3Cc2ccccc2)OC1(C)C. The molecule has 3 aliphatic rings. The van der Waals surface area contributed by atoms with Crippen molar-refractivity contribution in [3.05, 3.63) is 35.9 Å². The van der Waals surface area contributed by atoms with Crippen molar-refractivity contribution in [2.24, 2.45) is 5.92 Å². The number of carbonyl (C=O) groups is 1. The largest absolute Gasteiger partial charge is 0.465 e. The van der Waals surface area contributed by atoms with Crippen LogP contribution < -0.4 is 0 Å². The number of piperidine rings is 2. The molecule has 0 N–H and O–H groups in total. The van der Waals surface area contributed by atoms with Gasteiger partial charge in [-0.25, -0.2) is 0 Å². The van der Waals surface area contributed by atoms with Gasteiger partial charge in [-0.1, -0.05) is 36.8 Å². The summed E-state index contributed by atoms with van der Waals surface area (Å²) in [6.07, 6.45) is 6.07. The van der Waals surface area contributed by atoms with Crippen LogP contribution in [0.5, 0.6) is 0 Å². The number of benzene rings is 1. The van der Waals surface area contributed by atoms with Crippen LogP contribution in [0.1, 0.15) is 65.4 Å². The minimum Gasteiger partial charge on any atom is -0.403 e. The average molecular weight is 383 g/mol. The second-order valence-electron chi connectivity index (χ2n) is 9.92. The number of hydrogen-bond donors (Lipinski definition) is 0. The van der Waals surface area contributed by atoms with Crippen LogP contribution in [0.15, 0.2) is 30.3 Å². The van der Waals surface area contributed by atoms with E-state index in [-0.39, 0.29) is 17.1 Å². The van der Waals surface area contributed by atoms with Crippen LogP contribution in [0.2, 0.25) is 6.32 Å². The molecule has 3 fully saturated rings. The number of carbonyl (C=O) groups excluding carboxylic acids is 1. The Balaban J connectivity index is 1.38. The van der Waals surface area contributed by atoms with Gasteiger partial charge in [0.05, 0.1) is 11.2 Å². The van der Waals surface area contributed by atoms with Crippen LogP contribution in [0.4, 0.5) is 0 Å². The molecule has 2 bridgehead atoms. The second kappa shape index (κ2) is 7.58. The van der Waals surface area contributed by atoms with Crippen molar-refractivity contribution in [2.45, 2.75) is 95.9 Å². The Morgan fingerprint density at radius 3 is 2.18 bits per heavy atom. The van der Waals surface area contributed by atoms with Crippen molar-refractivity contribution in [3.63, 3.8) is 0 Å². The Morgan fingerprint density at radius 2 is 1.61 bits per heavy atom. The molecule has 5 heteroatoms. The van der Waals surface area contributed by atoms with Crippen LogP contribution in [0.3, 0.4) is 0 Å². The van der Waals surface area contributed by atoms with E-state index in [9.17, 15) is 4.79 Å². The van der Waals surface area contributed by atoms with Crippen LogP contribution >= 0.6 is 0 Å². The second-order valence-corrected chi connectivity index (χ2v) is 9.92. The van der Waals surface area contributed by atoms with E-state index in [0.29, 0.717) is 24.2 Å². The summed E-state index contributed by atoms with van der Waals surface area (Å²) in [5.41, 5.74) is 0.641. The Bertz CT molecular complexity index is 675. The summed E-state index contributed by atoms with van der Waals surface area (Å²) in [7, 11) is -0.403. The van der Waals surface area contributed by atoms with Crippen molar-refractivity contribution in [1.29, 1.82) is 0 Å². The first-order valence-electron chi connectivity index (χ1n) is 10.9. The molecule has 1 aromatic rings. The first-order chi connectivity index (χ1) is 13.2. The summed E-state index contributed by atoms with van der Waals surface area (Å²) in [6, 6.07) is 11.8. The van der Waals surface area contributed by atoms with E-state index in [2.05, 4.69) is 35.2 Å². The third-order valence-corrected chi connectivity index (χ3v) is 7.46. The summed E-state index contributed by atoms with van der Waals surface area (Å²) in [6.45, 7) is 9.19. The highest BCUT2D eigenvalue weighted by molar-refractivity contribution is 6.50. The third-order valence-electron chi connectivity index (χ3n) is 7.46. The van der Waals surface area contributed by atoms with Gasteiger partial charge in [-0.3, -0.25) is 9.69 Å². The highest BCUT2D eigenvalue weighted by Crippen LogP contribution is 2.41. The number of ketones is 1. The van der Waals surface area contributed by atoms with E-state index in [1.807, 2.05) is 27.7 Å². The Labute approximate surface area is 170 Å². The van der Waals surface area contributed by atoms with E-state index in [0.717, 1.165) is 19.4 Å². The van der Waals surface area contributed by atoms with E-state index in [1.54, 1.807) is 0 Å². The van der Waals surface area contributed by atoms with Crippen molar-refractivity contribution in [2.75, 3.05) is 0 Å². The molecule has 0 amide bonds. The summed E-state index contributed by atoms with van der Waals surface area (Å²) in [5.74, 6) is 0.483. The predicted molar refractivity (Wildman–Crippen MR) is 112 cm³/mol. The molecule has 152 valence electrons. The van der Waals surface area contributed by atoms with E-state index in [4.69, 9.17) is 9.31 Å². The predicted octanol–water partition coefficient (Wildman–Crippen LogP) is 4.48. The average Bonchev–Trinajstić information content (AvgIpc) is 2.81. The third kappa shape index (κ3) is 3.94. The molecule has 28 heavy (non-hydrogen) atoms. The lowest BCUT2D eigenvalue weighted by Gasteiger charge is -2.48. The molecule has 3 aliphatic heterocycles. The zero-order valence-corrected chi connectivity index (χ0v) is 17.8. The molecule has 3 heterocycles. The lowest BCUT2D eigenvalue weighted by atomic mass is 9.71. The molecular formula is C23H34BNO3. The fourth-order valence-electron chi connectivity index (χ4n) is 5.17. The lowest BCUT2D eigenvalue weighted by Crippen LogP contribution is -2.52. The first kappa shape index (κ1) is 20.1. The fraction of sp³-hybridized carbons (Fsp3) is 0.696. The molecule has 0 radical (unpaired) electrons. The van der Waals surface area contributed by atoms with Gasteiger partial charge in [0.1, 0.15) is 5.78 Å². The summed E-state index contributed by atoms with van der Waals surface area (Å²) in [5, 5.41) is 0. The number of nitrogens with zero attached hydrogens (tertiary/aromatic N) is 1. The normalized spacial score (nSPS) is 31.7. The molecule has 0 aliphatic carbocycles. The van der Waals surface area contributed by atoms with Gasteiger partial charge in [0.2, 0.25) is 0 Å². The Hall–Kier alpha value is -1.17. The van der Waals surface area contributed by atoms with E-state index in [1.165, 1.54) is 24.8 Å². The van der Waals surface area contributed by atoms with Gasteiger partial charge in [-0.15, -0.1) is 0 Å². The Kier molecular flexibility index (Phi) is 5.45. The van der Waals surface area contributed by atoms with Crippen LogP contribution in [-0.2, 0) is 20.6 Å². The van der Waals surface area contributed by atoms with Crippen LogP contribution in [0, 0.1) is 5.92 Å². The number of fused-ring (bicyclic) bond motifs is 2. The van der Waals surface area contributed by atoms with Crippen molar-refractivity contribution < 1.29 is 14.1 Å². The maximum absolute atomic E-state index is 13.1. The van der Waals surface area contributed by atoms with Gasteiger partial charge >= 0.3 is 7.12 Å². The highest BCUT2D eigenvalue weighted by atomic mass is 16.7. The maximum atomic E-state index is 13.1. The van der Waals surface area contributed by atoms with Crippen LogP contribution in [-0.4, -0.2) is 41.1 Å². The quantitative estimate of drug-likeness (QED) is 0.703. The number of hydrogen-bond acceptors (Lipinski definition) is 4. The standard InChI is InChI=1S/C23H34BNO3/c1-22(2)23(3,4)28-24(27-22)15-21(26)18-13-19-11-8-12-20(14-18)25(19)16-17-9-6-5-7-10-17/h5-7,9-10,18-20H,8,11-16H2,1-4H3. The lowest BCUT2D eigenvalue weighted by molar-refractivity contribution is -0.125. The van der Waals surface area contributed by atoms with Crippen LogP contribution in [0.25, 0.3) is 0 Å². The van der Waals surface area contributed by atoms with Gasteiger partial charge in [0, 0.05) is 30.9 Å². The highest BCUT2D eigenvalue weighted by Gasteiger charge is 2.52. The maximum Gasteiger partial charge on any atom is 0.465 e. The van der Waals surface area contributed by atoms with E-state index < -0.39 is 7.12 Å². The molecular weight excluding hydrogens is 349 g/mol. The molecule has 1 aromatic carbocycles. The summed E-state index contributed by atoms with van der Waals surface area (Å²) in [4.78, 5) is 15.8. The summed E-state index contributed by atoms with van der Waals surface area (Å²) >= 11 is 0. The Morgan fingerprint density at radius 1 is 1.04 bits per heavy atom. The molecule has 4 rings (SSSR count). The van der Waals surface area contributed by atoms with Crippen molar-refractivity contribution in [3.8, 4) is 0 Å².